The number of rotatable bonds is 8. The van der Waals surface area contributed by atoms with Crippen molar-refractivity contribution in [1.29, 1.82) is 0 Å². The summed E-state index contributed by atoms with van der Waals surface area (Å²) in [7, 11) is 3.96. The fraction of sp³-hybridized carbons (Fsp3) is 0.143. The lowest BCUT2D eigenvalue weighted by Crippen LogP contribution is -2.38. The third kappa shape index (κ3) is 3.76. The molecule has 0 radical (unpaired) electrons. The average Bonchev–Trinajstić information content (AvgIpc) is 2.86. The van der Waals surface area contributed by atoms with Crippen LogP contribution >= 0.6 is 0 Å². The lowest BCUT2D eigenvalue weighted by atomic mass is 9.64. The third-order valence-corrected chi connectivity index (χ3v) is 5.86. The summed E-state index contributed by atoms with van der Waals surface area (Å²) in [4.78, 5) is 18.4. The van der Waals surface area contributed by atoms with Crippen molar-refractivity contribution in [2.45, 2.75) is 11.5 Å². The first-order valence-corrected chi connectivity index (χ1v) is 10.6. The Labute approximate surface area is 189 Å². The summed E-state index contributed by atoms with van der Waals surface area (Å²) >= 11 is 0. The molecule has 160 valence electrons. The molecule has 4 rings (SSSR count). The monoisotopic (exact) mass is 422 g/mol. The molecule has 4 nitrogen and oxygen atoms in total. The van der Waals surface area contributed by atoms with Crippen LogP contribution in [0.25, 0.3) is 0 Å². The molecule has 0 aliphatic rings. The van der Waals surface area contributed by atoms with Crippen LogP contribution in [0.2, 0.25) is 0 Å². The molecule has 0 amide bonds. The number of carbonyl (C=O) groups excluding carboxylic acids is 1. The number of benzene rings is 3. The van der Waals surface area contributed by atoms with Crippen molar-refractivity contribution >= 4 is 12.2 Å². The average molecular weight is 423 g/mol. The molecule has 0 saturated heterocycles. The first kappa shape index (κ1) is 21.3. The summed E-state index contributed by atoms with van der Waals surface area (Å²) in [6.45, 7) is 0.542. The SMILES string of the molecule is CN(C)c1ccncc1[C@H](OC=O)C(c1ccccc1)(c1ccccc1)c1ccccc1. The number of pyridine rings is 1. The Kier molecular flexibility index (Phi) is 6.31. The van der Waals surface area contributed by atoms with Crippen molar-refractivity contribution in [1.82, 2.24) is 4.98 Å². The molecular weight excluding hydrogens is 396 g/mol. The maximum Gasteiger partial charge on any atom is 0.293 e. The number of aromatic nitrogens is 1. The highest BCUT2D eigenvalue weighted by molar-refractivity contribution is 5.61. The topological polar surface area (TPSA) is 42.4 Å². The standard InChI is InChI=1S/C28H26N2O2/c1-30(2)26-18-19-29-20-25(26)27(32-21-31)28(22-12-6-3-7-13-22,23-14-8-4-9-15-23)24-16-10-5-11-17-24/h3-21,27H,1-2H3/t27-/m0/s1. The molecule has 3 aromatic carbocycles. The minimum atomic E-state index is -0.793. The first-order chi connectivity index (χ1) is 15.7. The number of hydrogen-bond donors (Lipinski definition) is 0. The maximum atomic E-state index is 12.0. The van der Waals surface area contributed by atoms with E-state index in [2.05, 4.69) is 41.4 Å². The second-order valence-corrected chi connectivity index (χ2v) is 7.85. The molecule has 0 aliphatic carbocycles. The minimum absolute atomic E-state index is 0.542. The third-order valence-electron chi connectivity index (χ3n) is 5.86. The van der Waals surface area contributed by atoms with Crippen LogP contribution in [-0.4, -0.2) is 25.6 Å². The zero-order chi connectivity index (χ0) is 22.4. The summed E-state index contributed by atoms with van der Waals surface area (Å²) in [6.07, 6.45) is 2.90. The molecule has 0 spiro atoms. The Morgan fingerprint density at radius 2 is 1.25 bits per heavy atom. The van der Waals surface area contributed by atoms with E-state index in [1.807, 2.05) is 79.7 Å². The molecule has 0 fully saturated rings. The second kappa shape index (κ2) is 9.48. The summed E-state index contributed by atoms with van der Waals surface area (Å²) in [6, 6.07) is 32.6. The van der Waals surface area contributed by atoms with Gasteiger partial charge in [-0.05, 0) is 22.8 Å². The van der Waals surface area contributed by atoms with Gasteiger partial charge < -0.3 is 9.64 Å². The smallest absolute Gasteiger partial charge is 0.293 e. The number of carbonyl (C=O) groups is 1. The van der Waals surface area contributed by atoms with Gasteiger partial charge in [0.25, 0.3) is 6.47 Å². The fourth-order valence-electron chi connectivity index (χ4n) is 4.53. The van der Waals surface area contributed by atoms with Gasteiger partial charge in [0.2, 0.25) is 0 Å². The van der Waals surface area contributed by atoms with Crippen LogP contribution in [0.15, 0.2) is 109 Å². The van der Waals surface area contributed by atoms with E-state index in [1.165, 1.54) is 0 Å². The lowest BCUT2D eigenvalue weighted by Gasteiger charge is -2.42. The number of nitrogens with zero attached hydrogens (tertiary/aromatic N) is 2. The molecule has 32 heavy (non-hydrogen) atoms. The van der Waals surface area contributed by atoms with Crippen LogP contribution in [-0.2, 0) is 14.9 Å². The second-order valence-electron chi connectivity index (χ2n) is 7.85. The van der Waals surface area contributed by atoms with E-state index in [1.54, 1.807) is 12.4 Å². The van der Waals surface area contributed by atoms with E-state index in [9.17, 15) is 4.79 Å². The van der Waals surface area contributed by atoms with Gasteiger partial charge in [0.05, 0.1) is 5.41 Å². The maximum absolute atomic E-state index is 12.0. The highest BCUT2D eigenvalue weighted by Crippen LogP contribution is 2.51. The van der Waals surface area contributed by atoms with Crippen molar-refractivity contribution in [2.24, 2.45) is 0 Å². The van der Waals surface area contributed by atoms with Gasteiger partial charge in [-0.15, -0.1) is 0 Å². The van der Waals surface area contributed by atoms with E-state index in [-0.39, 0.29) is 0 Å². The molecular formula is C28H26N2O2. The van der Waals surface area contributed by atoms with Gasteiger partial charge in [0, 0.05) is 37.7 Å². The van der Waals surface area contributed by atoms with Gasteiger partial charge >= 0.3 is 0 Å². The normalized spacial score (nSPS) is 12.1. The Bertz CT molecular complexity index is 1050. The lowest BCUT2D eigenvalue weighted by molar-refractivity contribution is -0.136. The molecule has 4 heteroatoms. The number of anilines is 1. The van der Waals surface area contributed by atoms with Crippen LogP contribution in [0.5, 0.6) is 0 Å². The quantitative estimate of drug-likeness (QED) is 0.282. The zero-order valence-corrected chi connectivity index (χ0v) is 18.3. The molecule has 1 aromatic heterocycles. The van der Waals surface area contributed by atoms with Crippen molar-refractivity contribution < 1.29 is 9.53 Å². The summed E-state index contributed by atoms with van der Waals surface area (Å²) in [5.41, 5.74) is 4.06. The summed E-state index contributed by atoms with van der Waals surface area (Å²) in [5.74, 6) is 0. The van der Waals surface area contributed by atoms with Gasteiger partial charge in [0.15, 0.2) is 0 Å². The van der Waals surface area contributed by atoms with E-state index in [0.717, 1.165) is 27.9 Å². The Morgan fingerprint density at radius 3 is 1.66 bits per heavy atom. The van der Waals surface area contributed by atoms with Crippen LogP contribution in [0.4, 0.5) is 5.69 Å². The van der Waals surface area contributed by atoms with Crippen molar-refractivity contribution in [2.75, 3.05) is 19.0 Å². The van der Waals surface area contributed by atoms with Crippen molar-refractivity contribution in [3.63, 3.8) is 0 Å². The van der Waals surface area contributed by atoms with E-state index >= 15 is 0 Å². The van der Waals surface area contributed by atoms with Crippen molar-refractivity contribution in [3.8, 4) is 0 Å². The molecule has 0 N–H and O–H groups in total. The molecule has 0 aliphatic heterocycles. The summed E-state index contributed by atoms with van der Waals surface area (Å²) in [5, 5.41) is 0. The Balaban J connectivity index is 2.14. The predicted molar refractivity (Wildman–Crippen MR) is 128 cm³/mol. The largest absolute Gasteiger partial charge is 0.458 e. The van der Waals surface area contributed by atoms with Crippen molar-refractivity contribution in [3.05, 3.63) is 132 Å². The Hall–Kier alpha value is -3.92. The van der Waals surface area contributed by atoms with Crippen LogP contribution in [0, 0.1) is 0 Å². The first-order valence-electron chi connectivity index (χ1n) is 10.6. The van der Waals surface area contributed by atoms with E-state index in [4.69, 9.17) is 4.74 Å². The zero-order valence-electron chi connectivity index (χ0n) is 18.3. The van der Waals surface area contributed by atoms with Gasteiger partial charge in [-0.3, -0.25) is 9.78 Å². The Morgan fingerprint density at radius 1 is 0.781 bits per heavy atom. The molecule has 4 aromatic rings. The molecule has 0 unspecified atom stereocenters. The number of ether oxygens (including phenoxy) is 1. The van der Waals surface area contributed by atoms with Crippen LogP contribution in [0.3, 0.4) is 0 Å². The summed E-state index contributed by atoms with van der Waals surface area (Å²) < 4.78 is 6.00. The molecule has 1 atom stereocenters. The van der Waals surface area contributed by atoms with Crippen LogP contribution < -0.4 is 4.90 Å². The predicted octanol–water partition coefficient (Wildman–Crippen LogP) is 5.40. The van der Waals surface area contributed by atoms with E-state index in [0.29, 0.717) is 6.47 Å². The molecule has 1 heterocycles. The molecule has 0 bridgehead atoms. The highest BCUT2D eigenvalue weighted by Gasteiger charge is 2.47. The number of hydrogen-bond acceptors (Lipinski definition) is 4. The van der Waals surface area contributed by atoms with Gasteiger partial charge in [-0.2, -0.15) is 0 Å². The van der Waals surface area contributed by atoms with Gasteiger partial charge in [0.1, 0.15) is 6.10 Å². The minimum Gasteiger partial charge on any atom is -0.458 e. The van der Waals surface area contributed by atoms with E-state index < -0.39 is 11.5 Å². The molecule has 0 saturated carbocycles. The fourth-order valence-corrected chi connectivity index (χ4v) is 4.53. The van der Waals surface area contributed by atoms with Crippen LogP contribution in [0.1, 0.15) is 28.4 Å². The highest BCUT2D eigenvalue weighted by atomic mass is 16.5. The van der Waals surface area contributed by atoms with Gasteiger partial charge in [-0.25, -0.2) is 0 Å². The van der Waals surface area contributed by atoms with Gasteiger partial charge in [-0.1, -0.05) is 91.0 Å².